The first-order valence-electron chi connectivity index (χ1n) is 7.32. The van der Waals surface area contributed by atoms with Gasteiger partial charge in [-0.25, -0.2) is 8.78 Å². The van der Waals surface area contributed by atoms with E-state index in [2.05, 4.69) is 6.92 Å². The third-order valence-corrected chi connectivity index (χ3v) is 4.04. The zero-order valence-electron chi connectivity index (χ0n) is 12.1. The van der Waals surface area contributed by atoms with E-state index in [0.29, 0.717) is 16.7 Å². The molecule has 0 fully saturated rings. The smallest absolute Gasteiger partial charge is 0.135 e. The van der Waals surface area contributed by atoms with Crippen LogP contribution in [0.1, 0.15) is 43.5 Å². The summed E-state index contributed by atoms with van der Waals surface area (Å²) in [5.74, 6) is -0.634. The van der Waals surface area contributed by atoms with Crippen LogP contribution in [0.4, 0.5) is 8.78 Å². The number of hydrogen-bond donors (Lipinski definition) is 0. The molecule has 0 spiro atoms. The highest BCUT2D eigenvalue weighted by molar-refractivity contribution is 6.20. The predicted octanol–water partition coefficient (Wildman–Crippen LogP) is 6.49. The van der Waals surface area contributed by atoms with Crippen LogP contribution in [0.3, 0.4) is 0 Å². The summed E-state index contributed by atoms with van der Waals surface area (Å²) in [5, 5.41) is -0.322. The first-order chi connectivity index (χ1) is 10.1. The molecule has 0 aliphatic rings. The summed E-state index contributed by atoms with van der Waals surface area (Å²) in [4.78, 5) is 0. The number of hydrogen-bond acceptors (Lipinski definition) is 0. The summed E-state index contributed by atoms with van der Waals surface area (Å²) >= 11 is 6.33. The lowest BCUT2D eigenvalue weighted by atomic mass is 9.98. The van der Waals surface area contributed by atoms with Crippen LogP contribution in [-0.4, -0.2) is 0 Å². The van der Waals surface area contributed by atoms with Crippen LogP contribution in [0.5, 0.6) is 0 Å². The largest absolute Gasteiger partial charge is 0.207 e. The van der Waals surface area contributed by atoms with E-state index in [9.17, 15) is 8.78 Å². The molecule has 1 atom stereocenters. The average Bonchev–Trinajstić information content (AvgIpc) is 2.49. The van der Waals surface area contributed by atoms with Gasteiger partial charge in [-0.05, 0) is 24.1 Å². The van der Waals surface area contributed by atoms with Gasteiger partial charge in [0.15, 0.2) is 0 Å². The minimum absolute atomic E-state index is 0.305. The number of alkyl halides is 1. The highest BCUT2D eigenvalue weighted by Gasteiger charge is 2.16. The fraction of sp³-hybridized carbons (Fsp3) is 0.333. The van der Waals surface area contributed by atoms with Gasteiger partial charge >= 0.3 is 0 Å². The second-order valence-electron chi connectivity index (χ2n) is 5.18. The van der Waals surface area contributed by atoms with E-state index in [1.165, 1.54) is 12.1 Å². The SMILES string of the molecule is CCCCCC(Cl)c1cccc(-c2ccc(F)cc2)c1F. The van der Waals surface area contributed by atoms with Crippen LogP contribution >= 0.6 is 11.6 Å². The average molecular weight is 309 g/mol. The van der Waals surface area contributed by atoms with Crippen molar-refractivity contribution in [1.29, 1.82) is 0 Å². The lowest BCUT2D eigenvalue weighted by molar-refractivity contribution is 0.590. The van der Waals surface area contributed by atoms with Crippen molar-refractivity contribution in [2.75, 3.05) is 0 Å². The van der Waals surface area contributed by atoms with E-state index < -0.39 is 0 Å². The van der Waals surface area contributed by atoms with Gasteiger partial charge in [-0.3, -0.25) is 0 Å². The molecular weight excluding hydrogens is 290 g/mol. The third-order valence-electron chi connectivity index (χ3n) is 3.58. The Morgan fingerprint density at radius 2 is 1.71 bits per heavy atom. The fourth-order valence-electron chi connectivity index (χ4n) is 2.37. The first-order valence-corrected chi connectivity index (χ1v) is 7.75. The standard InChI is InChI=1S/C18H19ClF2/c1-2-3-4-8-17(19)16-7-5-6-15(18(16)21)13-9-11-14(20)12-10-13/h5-7,9-12,17H,2-4,8H2,1H3. The molecule has 2 aromatic carbocycles. The summed E-state index contributed by atoms with van der Waals surface area (Å²) < 4.78 is 27.6. The van der Waals surface area contributed by atoms with Gasteiger partial charge in [0, 0.05) is 11.1 Å². The molecule has 0 aliphatic carbocycles. The fourth-order valence-corrected chi connectivity index (χ4v) is 2.70. The van der Waals surface area contributed by atoms with E-state index in [1.807, 2.05) is 0 Å². The molecule has 0 heterocycles. The van der Waals surface area contributed by atoms with E-state index in [4.69, 9.17) is 11.6 Å². The summed E-state index contributed by atoms with van der Waals surface area (Å²) in [6.45, 7) is 2.12. The van der Waals surface area contributed by atoms with Crippen molar-refractivity contribution >= 4 is 11.6 Å². The molecule has 112 valence electrons. The zero-order valence-corrected chi connectivity index (χ0v) is 12.8. The minimum atomic E-state index is -0.329. The highest BCUT2D eigenvalue weighted by atomic mass is 35.5. The van der Waals surface area contributed by atoms with Gasteiger partial charge in [-0.15, -0.1) is 11.6 Å². The Morgan fingerprint density at radius 3 is 2.38 bits per heavy atom. The van der Waals surface area contributed by atoms with Crippen molar-refractivity contribution in [3.63, 3.8) is 0 Å². The van der Waals surface area contributed by atoms with Crippen LogP contribution in [0.15, 0.2) is 42.5 Å². The van der Waals surface area contributed by atoms with Crippen LogP contribution in [0.25, 0.3) is 11.1 Å². The summed E-state index contributed by atoms with van der Waals surface area (Å²) in [6.07, 6.45) is 3.97. The van der Waals surface area contributed by atoms with Crippen LogP contribution in [0.2, 0.25) is 0 Å². The minimum Gasteiger partial charge on any atom is -0.207 e. The molecule has 0 N–H and O–H groups in total. The number of benzene rings is 2. The molecule has 0 aromatic heterocycles. The molecular formula is C18H19ClF2. The first kappa shape index (κ1) is 16.0. The second kappa shape index (κ2) is 7.56. The van der Waals surface area contributed by atoms with E-state index in [0.717, 1.165) is 25.7 Å². The van der Waals surface area contributed by atoms with Gasteiger partial charge < -0.3 is 0 Å². The molecule has 0 saturated carbocycles. The molecule has 0 radical (unpaired) electrons. The Hall–Kier alpha value is -1.41. The monoisotopic (exact) mass is 308 g/mol. The summed E-state index contributed by atoms with van der Waals surface area (Å²) in [5.41, 5.74) is 1.65. The number of unbranched alkanes of at least 4 members (excludes halogenated alkanes) is 2. The molecule has 2 rings (SSSR count). The Balaban J connectivity index is 2.25. The molecule has 0 nitrogen and oxygen atoms in total. The molecule has 21 heavy (non-hydrogen) atoms. The van der Waals surface area contributed by atoms with Crippen molar-refractivity contribution < 1.29 is 8.78 Å². The maximum Gasteiger partial charge on any atom is 0.135 e. The number of rotatable bonds is 6. The van der Waals surface area contributed by atoms with Crippen molar-refractivity contribution in [3.8, 4) is 11.1 Å². The molecule has 3 heteroatoms. The zero-order chi connectivity index (χ0) is 15.2. The van der Waals surface area contributed by atoms with Crippen LogP contribution in [-0.2, 0) is 0 Å². The molecule has 1 unspecified atom stereocenters. The highest BCUT2D eigenvalue weighted by Crippen LogP contribution is 2.33. The van der Waals surface area contributed by atoms with Gasteiger partial charge in [-0.1, -0.05) is 56.5 Å². The van der Waals surface area contributed by atoms with Gasteiger partial charge in [0.05, 0.1) is 5.38 Å². The number of halogens is 3. The summed E-state index contributed by atoms with van der Waals surface area (Å²) in [6, 6.07) is 11.1. The topological polar surface area (TPSA) is 0 Å². The molecule has 0 amide bonds. The normalized spacial score (nSPS) is 12.4. The van der Waals surface area contributed by atoms with Crippen molar-refractivity contribution in [2.45, 2.75) is 38.0 Å². The van der Waals surface area contributed by atoms with Crippen LogP contribution in [0, 0.1) is 11.6 Å². The third kappa shape index (κ3) is 4.04. The Bertz CT molecular complexity index is 578. The maximum absolute atomic E-state index is 14.6. The van der Waals surface area contributed by atoms with Gasteiger partial charge in [0.2, 0.25) is 0 Å². The molecule has 2 aromatic rings. The predicted molar refractivity (Wildman–Crippen MR) is 84.5 cm³/mol. The summed E-state index contributed by atoms with van der Waals surface area (Å²) in [7, 11) is 0. The second-order valence-corrected chi connectivity index (χ2v) is 5.71. The van der Waals surface area contributed by atoms with Crippen molar-refractivity contribution in [2.24, 2.45) is 0 Å². The quantitative estimate of drug-likeness (QED) is 0.422. The maximum atomic E-state index is 14.6. The lowest BCUT2D eigenvalue weighted by Gasteiger charge is -2.13. The molecule has 0 bridgehead atoms. The van der Waals surface area contributed by atoms with E-state index in [1.54, 1.807) is 30.3 Å². The van der Waals surface area contributed by atoms with Gasteiger partial charge in [-0.2, -0.15) is 0 Å². The molecule has 0 saturated heterocycles. The molecule has 0 aliphatic heterocycles. The van der Waals surface area contributed by atoms with Crippen molar-refractivity contribution in [1.82, 2.24) is 0 Å². The Kier molecular flexibility index (Phi) is 5.75. The van der Waals surface area contributed by atoms with E-state index >= 15 is 0 Å². The van der Waals surface area contributed by atoms with Crippen molar-refractivity contribution in [3.05, 3.63) is 59.7 Å². The lowest BCUT2D eigenvalue weighted by Crippen LogP contribution is -1.97. The Labute approximate surface area is 129 Å². The van der Waals surface area contributed by atoms with E-state index in [-0.39, 0.29) is 17.0 Å². The Morgan fingerprint density at radius 1 is 1.00 bits per heavy atom. The van der Waals surface area contributed by atoms with Gasteiger partial charge in [0.1, 0.15) is 11.6 Å². The van der Waals surface area contributed by atoms with Gasteiger partial charge in [0.25, 0.3) is 0 Å². The van der Waals surface area contributed by atoms with Crippen LogP contribution < -0.4 is 0 Å².